The van der Waals surface area contributed by atoms with Gasteiger partial charge in [-0.15, -0.1) is 0 Å². The molecule has 100 valence electrons. The molecule has 0 aliphatic heterocycles. The quantitative estimate of drug-likeness (QED) is 0.913. The Morgan fingerprint density at radius 2 is 1.67 bits per heavy atom. The Kier molecular flexibility index (Phi) is 4.40. The molecule has 1 aliphatic rings. The second-order valence-electron chi connectivity index (χ2n) is 4.95. The zero-order valence-electron chi connectivity index (χ0n) is 10.5. The van der Waals surface area contributed by atoms with Crippen LogP contribution in [-0.4, -0.2) is 25.9 Å². The first kappa shape index (κ1) is 13.6. The molecule has 1 aromatic rings. The molecule has 1 fully saturated rings. The summed E-state index contributed by atoms with van der Waals surface area (Å²) in [4.78, 5) is 0.316. The van der Waals surface area contributed by atoms with Crippen LogP contribution in [0.4, 0.5) is 0 Å². The predicted molar refractivity (Wildman–Crippen MR) is 71.4 cm³/mol. The summed E-state index contributed by atoms with van der Waals surface area (Å²) < 4.78 is 23.5. The van der Waals surface area contributed by atoms with Crippen LogP contribution in [0.1, 0.15) is 43.6 Å². The van der Waals surface area contributed by atoms with Gasteiger partial charge >= 0.3 is 0 Å². The van der Waals surface area contributed by atoms with Crippen LogP contribution in [-0.2, 0) is 9.84 Å². The molecule has 0 bridgehead atoms. The Morgan fingerprint density at radius 1 is 1.06 bits per heavy atom. The summed E-state index contributed by atoms with van der Waals surface area (Å²) in [5.41, 5.74) is 1.25. The zero-order valence-corrected chi connectivity index (χ0v) is 11.3. The van der Waals surface area contributed by atoms with E-state index in [-0.39, 0.29) is 12.4 Å². The van der Waals surface area contributed by atoms with Crippen LogP contribution in [0.25, 0.3) is 0 Å². The highest BCUT2D eigenvalue weighted by Gasteiger charge is 2.17. The third-order valence-corrected chi connectivity index (χ3v) is 5.39. The first-order chi connectivity index (χ1) is 8.63. The number of hydrogen-bond acceptors (Lipinski definition) is 3. The van der Waals surface area contributed by atoms with E-state index in [2.05, 4.69) is 0 Å². The fraction of sp³-hybridized carbons (Fsp3) is 0.571. The lowest BCUT2D eigenvalue weighted by Gasteiger charge is -2.22. The van der Waals surface area contributed by atoms with Gasteiger partial charge in [0.2, 0.25) is 0 Å². The zero-order chi connectivity index (χ0) is 13.0. The van der Waals surface area contributed by atoms with Gasteiger partial charge in [0.25, 0.3) is 0 Å². The van der Waals surface area contributed by atoms with Crippen LogP contribution in [0.5, 0.6) is 0 Å². The molecule has 1 saturated carbocycles. The molecule has 1 aromatic carbocycles. The number of rotatable bonds is 4. The van der Waals surface area contributed by atoms with Crippen molar-refractivity contribution >= 4 is 9.84 Å². The average molecular weight is 268 g/mol. The third kappa shape index (κ3) is 3.12. The minimum Gasteiger partial charge on any atom is -0.395 e. The van der Waals surface area contributed by atoms with E-state index in [1.54, 1.807) is 12.1 Å². The van der Waals surface area contributed by atoms with E-state index >= 15 is 0 Å². The van der Waals surface area contributed by atoms with Gasteiger partial charge in [0.05, 0.1) is 17.3 Å². The Bertz CT molecular complexity index is 470. The smallest absolute Gasteiger partial charge is 0.180 e. The maximum atomic E-state index is 11.8. The molecule has 0 unspecified atom stereocenters. The number of aliphatic hydroxyl groups is 1. The monoisotopic (exact) mass is 268 g/mol. The van der Waals surface area contributed by atoms with Gasteiger partial charge in [-0.1, -0.05) is 31.4 Å². The van der Waals surface area contributed by atoms with Crippen molar-refractivity contribution in [2.75, 3.05) is 12.4 Å². The van der Waals surface area contributed by atoms with Crippen molar-refractivity contribution < 1.29 is 13.5 Å². The predicted octanol–water partition coefficient (Wildman–Crippen LogP) is 2.50. The van der Waals surface area contributed by atoms with Gasteiger partial charge in [-0.05, 0) is 36.5 Å². The van der Waals surface area contributed by atoms with Crippen molar-refractivity contribution in [2.24, 2.45) is 0 Å². The molecule has 0 saturated heterocycles. The summed E-state index contributed by atoms with van der Waals surface area (Å²) in [5, 5.41) is 8.74. The minimum atomic E-state index is -3.31. The number of benzene rings is 1. The molecule has 1 aliphatic carbocycles. The molecule has 0 radical (unpaired) electrons. The fourth-order valence-corrected chi connectivity index (χ4v) is 3.65. The molecule has 3 nitrogen and oxygen atoms in total. The van der Waals surface area contributed by atoms with Gasteiger partial charge < -0.3 is 5.11 Å². The molecule has 0 aromatic heterocycles. The maximum absolute atomic E-state index is 11.8. The van der Waals surface area contributed by atoms with Crippen LogP contribution in [0.3, 0.4) is 0 Å². The van der Waals surface area contributed by atoms with Crippen LogP contribution in [0.2, 0.25) is 0 Å². The van der Waals surface area contributed by atoms with Gasteiger partial charge in [0.1, 0.15) is 0 Å². The summed E-state index contributed by atoms with van der Waals surface area (Å²) in [6.45, 7) is -0.327. The molecule has 1 N–H and O–H groups in total. The summed E-state index contributed by atoms with van der Waals surface area (Å²) in [5.74, 6) is 0.392. The number of aliphatic hydroxyl groups excluding tert-OH is 1. The summed E-state index contributed by atoms with van der Waals surface area (Å²) in [6.07, 6.45) is 6.29. The first-order valence-corrected chi connectivity index (χ1v) is 8.22. The van der Waals surface area contributed by atoms with E-state index < -0.39 is 9.84 Å². The van der Waals surface area contributed by atoms with Crippen molar-refractivity contribution in [1.82, 2.24) is 0 Å². The Hall–Kier alpha value is -0.870. The van der Waals surface area contributed by atoms with Gasteiger partial charge in [-0.3, -0.25) is 0 Å². The van der Waals surface area contributed by atoms with Crippen molar-refractivity contribution in [1.29, 1.82) is 0 Å². The van der Waals surface area contributed by atoms with Gasteiger partial charge in [-0.2, -0.15) is 0 Å². The third-order valence-electron chi connectivity index (χ3n) is 3.68. The summed E-state index contributed by atoms with van der Waals surface area (Å²) >= 11 is 0. The van der Waals surface area contributed by atoms with Crippen molar-refractivity contribution in [3.63, 3.8) is 0 Å². The van der Waals surface area contributed by atoms with E-state index in [0.29, 0.717) is 10.8 Å². The average Bonchev–Trinajstić information content (AvgIpc) is 2.40. The first-order valence-electron chi connectivity index (χ1n) is 6.57. The van der Waals surface area contributed by atoms with E-state index in [9.17, 15) is 8.42 Å². The van der Waals surface area contributed by atoms with Crippen LogP contribution in [0.15, 0.2) is 29.2 Å². The Balaban J connectivity index is 2.14. The molecular formula is C14H20O3S. The van der Waals surface area contributed by atoms with Crippen LogP contribution < -0.4 is 0 Å². The molecule has 18 heavy (non-hydrogen) atoms. The van der Waals surface area contributed by atoms with Crippen LogP contribution in [0, 0.1) is 0 Å². The molecule has 4 heteroatoms. The molecule has 2 rings (SSSR count). The van der Waals surface area contributed by atoms with Gasteiger partial charge in [0, 0.05) is 0 Å². The lowest BCUT2D eigenvalue weighted by atomic mass is 9.84. The van der Waals surface area contributed by atoms with Crippen LogP contribution >= 0.6 is 0 Å². The molecule has 0 spiro atoms. The van der Waals surface area contributed by atoms with E-state index in [4.69, 9.17) is 5.11 Å². The number of sulfone groups is 1. The largest absolute Gasteiger partial charge is 0.395 e. The molecule has 0 atom stereocenters. The maximum Gasteiger partial charge on any atom is 0.180 e. The second kappa shape index (κ2) is 5.85. The fourth-order valence-electron chi connectivity index (χ4n) is 2.62. The summed E-state index contributed by atoms with van der Waals surface area (Å²) in [6, 6.07) is 7.21. The highest BCUT2D eigenvalue weighted by Crippen LogP contribution is 2.32. The topological polar surface area (TPSA) is 54.4 Å². The van der Waals surface area contributed by atoms with Gasteiger partial charge in [0.15, 0.2) is 9.84 Å². The normalized spacial score (nSPS) is 17.8. The van der Waals surface area contributed by atoms with E-state index in [1.807, 2.05) is 12.1 Å². The Morgan fingerprint density at radius 3 is 2.22 bits per heavy atom. The summed E-state index contributed by atoms with van der Waals surface area (Å²) in [7, 11) is -3.31. The molecule has 0 amide bonds. The molecule has 0 heterocycles. The van der Waals surface area contributed by atoms with Gasteiger partial charge in [-0.25, -0.2) is 8.42 Å². The highest BCUT2D eigenvalue weighted by molar-refractivity contribution is 7.91. The van der Waals surface area contributed by atoms with Crippen molar-refractivity contribution in [2.45, 2.75) is 42.9 Å². The lowest BCUT2D eigenvalue weighted by molar-refractivity contribution is 0.319. The van der Waals surface area contributed by atoms with E-state index in [0.717, 1.165) is 0 Å². The van der Waals surface area contributed by atoms with Crippen molar-refractivity contribution in [3.8, 4) is 0 Å². The highest BCUT2D eigenvalue weighted by atomic mass is 32.2. The van der Waals surface area contributed by atoms with Crippen molar-refractivity contribution in [3.05, 3.63) is 29.8 Å². The van der Waals surface area contributed by atoms with E-state index in [1.165, 1.54) is 37.7 Å². The number of hydrogen-bond donors (Lipinski definition) is 1. The lowest BCUT2D eigenvalue weighted by Crippen LogP contribution is -2.10. The second-order valence-corrected chi connectivity index (χ2v) is 7.06. The standard InChI is InChI=1S/C14H20O3S/c15-10-11-18(16,17)14-8-6-13(7-9-14)12-4-2-1-3-5-12/h6-9,12,15H,1-5,10-11H2. The Labute approximate surface area is 109 Å². The minimum absolute atomic E-state index is 0.199. The SMILES string of the molecule is O=S(=O)(CCO)c1ccc(C2CCCCC2)cc1. The molecular weight excluding hydrogens is 248 g/mol.